The van der Waals surface area contributed by atoms with E-state index in [4.69, 9.17) is 10.5 Å². The molecular formula is C6H11N5O2S. The van der Waals surface area contributed by atoms with Crippen molar-refractivity contribution in [2.75, 3.05) is 19.0 Å². The highest BCUT2D eigenvalue weighted by atomic mass is 32.1. The number of carbonyl (C=O) groups excluding carboxylic acids is 1. The van der Waals surface area contributed by atoms with E-state index in [9.17, 15) is 4.79 Å². The number of nitrogens with one attached hydrogen (secondary N) is 1. The summed E-state index contributed by atoms with van der Waals surface area (Å²) in [6.07, 6.45) is -0.0667. The molecule has 0 bridgehead atoms. The van der Waals surface area contributed by atoms with Crippen molar-refractivity contribution in [3.8, 4) is 0 Å². The average Bonchev–Trinajstić information content (AvgIpc) is 2.66. The van der Waals surface area contributed by atoms with Gasteiger partial charge in [-0.25, -0.2) is 0 Å². The average molecular weight is 217 g/mol. The maximum Gasteiger partial charge on any atom is 0.231 e. The Bertz CT molecular complexity index is 274. The largest absolute Gasteiger partial charge is 0.380 e. The molecule has 1 atom stereocenters. The second kappa shape index (κ2) is 5.58. The normalized spacial score (nSPS) is 12.4. The predicted molar refractivity (Wildman–Crippen MR) is 50.8 cm³/mol. The lowest BCUT2D eigenvalue weighted by molar-refractivity contribution is -0.118. The summed E-state index contributed by atoms with van der Waals surface area (Å²) in [5.74, 6) is -0.208. The molecule has 1 aromatic heterocycles. The molecule has 1 heterocycles. The van der Waals surface area contributed by atoms with Gasteiger partial charge in [0.15, 0.2) is 0 Å². The third-order valence-corrected chi connectivity index (χ3v) is 2.07. The van der Waals surface area contributed by atoms with Crippen LogP contribution in [0, 0.1) is 0 Å². The minimum atomic E-state index is -0.268. The molecule has 0 aliphatic carbocycles. The van der Waals surface area contributed by atoms with Crippen LogP contribution in [0.2, 0.25) is 0 Å². The second-order valence-corrected chi connectivity index (χ2v) is 3.25. The van der Waals surface area contributed by atoms with Gasteiger partial charge in [-0.1, -0.05) is 9.59 Å². The Labute approximate surface area is 84.8 Å². The molecule has 0 aliphatic rings. The van der Waals surface area contributed by atoms with Crippen molar-refractivity contribution in [1.29, 1.82) is 0 Å². The van der Waals surface area contributed by atoms with Crippen LogP contribution in [0.4, 0.5) is 5.13 Å². The molecule has 0 fully saturated rings. The number of rotatable bonds is 5. The van der Waals surface area contributed by atoms with Gasteiger partial charge in [-0.05, 0) is 5.21 Å². The molecule has 1 amide bonds. The minimum absolute atomic E-state index is 0.201. The molecule has 7 nitrogen and oxygen atoms in total. The summed E-state index contributed by atoms with van der Waals surface area (Å²) in [7, 11) is 1.51. The number of anilines is 1. The van der Waals surface area contributed by atoms with Gasteiger partial charge in [-0.2, -0.15) is 0 Å². The van der Waals surface area contributed by atoms with Crippen LogP contribution in [0.1, 0.15) is 6.42 Å². The highest BCUT2D eigenvalue weighted by Gasteiger charge is 2.12. The highest BCUT2D eigenvalue weighted by Crippen LogP contribution is 2.06. The molecule has 0 spiro atoms. The van der Waals surface area contributed by atoms with E-state index in [1.54, 1.807) is 0 Å². The van der Waals surface area contributed by atoms with E-state index in [0.717, 1.165) is 11.5 Å². The monoisotopic (exact) mass is 217 g/mol. The molecule has 78 valence electrons. The van der Waals surface area contributed by atoms with E-state index >= 15 is 0 Å². The van der Waals surface area contributed by atoms with Gasteiger partial charge in [-0.15, -0.1) is 0 Å². The number of ether oxygens (including phenoxy) is 1. The Morgan fingerprint density at radius 2 is 2.57 bits per heavy atom. The lowest BCUT2D eigenvalue weighted by Crippen LogP contribution is -2.28. The zero-order valence-electron chi connectivity index (χ0n) is 7.64. The van der Waals surface area contributed by atoms with Crippen LogP contribution in [-0.4, -0.2) is 40.5 Å². The van der Waals surface area contributed by atoms with Crippen LogP contribution < -0.4 is 11.1 Å². The smallest absolute Gasteiger partial charge is 0.231 e. The Hall–Kier alpha value is -1.12. The van der Waals surface area contributed by atoms with Crippen molar-refractivity contribution < 1.29 is 9.53 Å². The fourth-order valence-corrected chi connectivity index (χ4v) is 1.20. The number of methoxy groups -OCH3 is 1. The first-order valence-corrected chi connectivity index (χ1v) is 4.71. The van der Waals surface area contributed by atoms with E-state index in [2.05, 4.69) is 20.1 Å². The summed E-state index contributed by atoms with van der Waals surface area (Å²) in [6.45, 7) is 0.304. The zero-order chi connectivity index (χ0) is 10.4. The van der Waals surface area contributed by atoms with Crippen LogP contribution in [0.5, 0.6) is 0 Å². The molecule has 0 saturated carbocycles. The molecule has 1 unspecified atom stereocenters. The number of nitrogens with zero attached hydrogens (tertiary/aromatic N) is 3. The van der Waals surface area contributed by atoms with Crippen LogP contribution in [0.15, 0.2) is 0 Å². The van der Waals surface area contributed by atoms with E-state index in [0.29, 0.717) is 11.7 Å². The minimum Gasteiger partial charge on any atom is -0.380 e. The summed E-state index contributed by atoms with van der Waals surface area (Å²) >= 11 is 1.02. The summed E-state index contributed by atoms with van der Waals surface area (Å²) in [6, 6.07) is 0. The Morgan fingerprint density at radius 3 is 3.07 bits per heavy atom. The quantitative estimate of drug-likeness (QED) is 0.671. The lowest BCUT2D eigenvalue weighted by Gasteiger charge is -2.10. The van der Waals surface area contributed by atoms with Gasteiger partial charge < -0.3 is 10.5 Å². The van der Waals surface area contributed by atoms with Gasteiger partial charge in [0.1, 0.15) is 0 Å². The molecule has 0 aliphatic heterocycles. The zero-order valence-corrected chi connectivity index (χ0v) is 8.45. The lowest BCUT2D eigenvalue weighted by atomic mass is 10.2. The Morgan fingerprint density at radius 1 is 1.79 bits per heavy atom. The topological polar surface area (TPSA) is 103 Å². The van der Waals surface area contributed by atoms with Gasteiger partial charge in [0.25, 0.3) is 0 Å². The standard InChI is InChI=1S/C6H11N5O2S/c1-13-4(3-7)2-5(12)8-6-9-10-11-14-6/h4H,2-3,7H2,1H3,(H,8,9,11,12). The highest BCUT2D eigenvalue weighted by molar-refractivity contribution is 7.09. The van der Waals surface area contributed by atoms with Crippen LogP contribution in [-0.2, 0) is 9.53 Å². The fraction of sp³-hybridized carbons (Fsp3) is 0.667. The summed E-state index contributed by atoms with van der Waals surface area (Å²) < 4.78 is 8.46. The van der Waals surface area contributed by atoms with Gasteiger partial charge >= 0.3 is 0 Å². The van der Waals surface area contributed by atoms with Crippen LogP contribution in [0.25, 0.3) is 0 Å². The van der Waals surface area contributed by atoms with E-state index in [-0.39, 0.29) is 18.4 Å². The summed E-state index contributed by atoms with van der Waals surface area (Å²) in [5.41, 5.74) is 5.36. The summed E-state index contributed by atoms with van der Waals surface area (Å²) in [4.78, 5) is 11.3. The number of amides is 1. The molecule has 3 N–H and O–H groups in total. The third kappa shape index (κ3) is 3.32. The number of aromatic nitrogens is 3. The number of hydrogen-bond acceptors (Lipinski definition) is 7. The van der Waals surface area contributed by atoms with Crippen molar-refractivity contribution in [1.82, 2.24) is 14.8 Å². The molecule has 0 saturated heterocycles. The SMILES string of the molecule is COC(CN)CC(=O)Nc1nnns1. The molecule has 1 rings (SSSR count). The van der Waals surface area contributed by atoms with Crippen LogP contribution >= 0.6 is 11.5 Å². The first kappa shape index (κ1) is 11.0. The van der Waals surface area contributed by atoms with E-state index in [1.807, 2.05) is 0 Å². The second-order valence-electron chi connectivity index (χ2n) is 2.51. The fourth-order valence-electron chi connectivity index (χ4n) is 0.822. The first-order valence-electron chi connectivity index (χ1n) is 3.94. The Kier molecular flexibility index (Phi) is 4.36. The van der Waals surface area contributed by atoms with Crippen molar-refractivity contribution >= 4 is 22.6 Å². The first-order chi connectivity index (χ1) is 6.76. The Balaban J connectivity index is 2.35. The number of hydrogen-bond donors (Lipinski definition) is 2. The number of carbonyl (C=O) groups is 1. The maximum atomic E-state index is 11.3. The van der Waals surface area contributed by atoms with Gasteiger partial charge in [0, 0.05) is 25.2 Å². The van der Waals surface area contributed by atoms with E-state index < -0.39 is 0 Å². The van der Waals surface area contributed by atoms with Gasteiger partial charge in [-0.3, -0.25) is 10.1 Å². The molecule has 8 heteroatoms. The molecule has 0 radical (unpaired) electrons. The van der Waals surface area contributed by atoms with Gasteiger partial charge in [0.05, 0.1) is 12.5 Å². The molecular weight excluding hydrogens is 206 g/mol. The molecule has 1 aromatic rings. The molecule has 14 heavy (non-hydrogen) atoms. The van der Waals surface area contributed by atoms with Crippen molar-refractivity contribution in [3.63, 3.8) is 0 Å². The summed E-state index contributed by atoms with van der Waals surface area (Å²) in [5, 5.41) is 9.82. The predicted octanol–water partition coefficient (Wildman–Crippen LogP) is -0.765. The van der Waals surface area contributed by atoms with Crippen molar-refractivity contribution in [2.45, 2.75) is 12.5 Å². The van der Waals surface area contributed by atoms with E-state index in [1.165, 1.54) is 7.11 Å². The van der Waals surface area contributed by atoms with Crippen LogP contribution in [0.3, 0.4) is 0 Å². The van der Waals surface area contributed by atoms with Gasteiger partial charge in [0.2, 0.25) is 11.0 Å². The van der Waals surface area contributed by atoms with Crippen molar-refractivity contribution in [3.05, 3.63) is 0 Å². The maximum absolute atomic E-state index is 11.3. The third-order valence-electron chi connectivity index (χ3n) is 1.55. The number of nitrogens with two attached hydrogens (primary N) is 1. The molecule has 0 aromatic carbocycles. The van der Waals surface area contributed by atoms with Crippen molar-refractivity contribution in [2.24, 2.45) is 5.73 Å².